The van der Waals surface area contributed by atoms with Crippen LogP contribution in [0.1, 0.15) is 0 Å². The van der Waals surface area contributed by atoms with Crippen LogP contribution >= 0.6 is 11.6 Å². The third-order valence-corrected chi connectivity index (χ3v) is 3.13. The summed E-state index contributed by atoms with van der Waals surface area (Å²) in [5, 5.41) is 0.497. The van der Waals surface area contributed by atoms with Crippen LogP contribution in [0.25, 0.3) is 22.4 Å². The largest absolute Gasteiger partial charge is 0.434 e. The highest BCUT2D eigenvalue weighted by molar-refractivity contribution is 6.35. The number of fused-ring (bicyclic) bond motifs is 1. The normalized spacial score (nSPS) is 11.2. The van der Waals surface area contributed by atoms with Crippen molar-refractivity contribution in [3.63, 3.8) is 0 Å². The molecule has 0 fully saturated rings. The lowest BCUT2D eigenvalue weighted by molar-refractivity contribution is -0.0494. The SMILES string of the molecule is FC(F)Oc1ccccc1-c1nc2c(Cl)cccc2[nH]1. The Morgan fingerprint density at radius 2 is 1.90 bits per heavy atom. The van der Waals surface area contributed by atoms with Gasteiger partial charge in [-0.05, 0) is 24.3 Å². The van der Waals surface area contributed by atoms with E-state index in [2.05, 4.69) is 14.7 Å². The van der Waals surface area contributed by atoms with Crippen molar-refractivity contribution in [2.45, 2.75) is 6.61 Å². The summed E-state index contributed by atoms with van der Waals surface area (Å²) in [6.45, 7) is -2.89. The van der Waals surface area contributed by atoms with Crippen molar-refractivity contribution in [3.05, 3.63) is 47.5 Å². The van der Waals surface area contributed by atoms with Gasteiger partial charge in [-0.3, -0.25) is 0 Å². The predicted octanol–water partition coefficient (Wildman–Crippen LogP) is 4.48. The lowest BCUT2D eigenvalue weighted by atomic mass is 10.2. The summed E-state index contributed by atoms with van der Waals surface area (Å²) in [5.41, 5.74) is 1.79. The Bertz CT molecular complexity index is 758. The molecule has 0 radical (unpaired) electrons. The quantitative estimate of drug-likeness (QED) is 0.773. The molecule has 2 aromatic carbocycles. The van der Waals surface area contributed by atoms with Crippen LogP contribution in [0, 0.1) is 0 Å². The predicted molar refractivity (Wildman–Crippen MR) is 73.2 cm³/mol. The fraction of sp³-hybridized carbons (Fsp3) is 0.0714. The summed E-state index contributed by atoms with van der Waals surface area (Å²) in [6, 6.07) is 11.8. The molecule has 0 unspecified atom stereocenters. The Kier molecular flexibility index (Phi) is 3.28. The molecule has 20 heavy (non-hydrogen) atoms. The monoisotopic (exact) mass is 294 g/mol. The Labute approximate surface area is 118 Å². The standard InChI is InChI=1S/C14H9ClF2N2O/c15-9-5-3-6-10-12(9)19-13(18-10)8-4-1-2-7-11(8)20-14(16)17/h1-7,14H,(H,18,19). The number of nitrogens with zero attached hydrogens (tertiary/aromatic N) is 1. The average molecular weight is 295 g/mol. The fourth-order valence-corrected chi connectivity index (χ4v) is 2.20. The number of benzene rings is 2. The zero-order chi connectivity index (χ0) is 14.1. The van der Waals surface area contributed by atoms with Gasteiger partial charge in [0.15, 0.2) is 0 Å². The minimum absolute atomic E-state index is 0.0673. The van der Waals surface area contributed by atoms with Gasteiger partial charge in [0.05, 0.1) is 16.1 Å². The number of aromatic nitrogens is 2. The van der Waals surface area contributed by atoms with E-state index in [9.17, 15) is 8.78 Å². The van der Waals surface area contributed by atoms with Gasteiger partial charge in [-0.25, -0.2) is 4.98 Å². The molecule has 3 rings (SSSR count). The average Bonchev–Trinajstić information content (AvgIpc) is 2.84. The second-order valence-electron chi connectivity index (χ2n) is 4.10. The van der Waals surface area contributed by atoms with Gasteiger partial charge in [0.25, 0.3) is 0 Å². The van der Waals surface area contributed by atoms with Crippen LogP contribution in [0.15, 0.2) is 42.5 Å². The Morgan fingerprint density at radius 3 is 2.65 bits per heavy atom. The minimum atomic E-state index is -2.89. The van der Waals surface area contributed by atoms with E-state index in [1.165, 1.54) is 6.07 Å². The number of hydrogen-bond donors (Lipinski definition) is 1. The molecule has 0 saturated heterocycles. The summed E-state index contributed by atoms with van der Waals surface area (Å²) in [5.74, 6) is 0.502. The van der Waals surface area contributed by atoms with Crippen molar-refractivity contribution in [1.82, 2.24) is 9.97 Å². The third kappa shape index (κ3) is 2.32. The molecule has 0 aliphatic carbocycles. The molecule has 0 bridgehead atoms. The molecule has 0 spiro atoms. The molecule has 0 aliphatic heterocycles. The number of alkyl halides is 2. The fourth-order valence-electron chi connectivity index (χ4n) is 1.99. The van der Waals surface area contributed by atoms with Gasteiger partial charge in [0, 0.05) is 0 Å². The molecule has 0 amide bonds. The summed E-state index contributed by atoms with van der Waals surface area (Å²) in [6.07, 6.45) is 0. The highest BCUT2D eigenvalue weighted by Crippen LogP contribution is 2.31. The van der Waals surface area contributed by atoms with Crippen LogP contribution in [-0.2, 0) is 0 Å². The zero-order valence-corrected chi connectivity index (χ0v) is 10.9. The van der Waals surface area contributed by atoms with Gasteiger partial charge in [0.1, 0.15) is 17.1 Å². The van der Waals surface area contributed by atoms with E-state index in [1.807, 2.05) is 6.07 Å². The van der Waals surface area contributed by atoms with Crippen LogP contribution < -0.4 is 4.74 Å². The van der Waals surface area contributed by atoms with Gasteiger partial charge >= 0.3 is 6.61 Å². The number of ether oxygens (including phenoxy) is 1. The van der Waals surface area contributed by atoms with Gasteiger partial charge in [-0.2, -0.15) is 8.78 Å². The van der Waals surface area contributed by atoms with Crippen molar-refractivity contribution in [3.8, 4) is 17.1 Å². The zero-order valence-electron chi connectivity index (χ0n) is 10.1. The number of hydrogen-bond acceptors (Lipinski definition) is 2. The molecule has 102 valence electrons. The summed E-state index contributed by atoms with van der Waals surface area (Å²) < 4.78 is 29.3. The van der Waals surface area contributed by atoms with E-state index < -0.39 is 6.61 Å². The number of H-pyrrole nitrogens is 1. The van der Waals surface area contributed by atoms with Crippen LogP contribution in [0.4, 0.5) is 8.78 Å². The van der Waals surface area contributed by atoms with Gasteiger partial charge in [-0.1, -0.05) is 29.8 Å². The first-order valence-corrected chi connectivity index (χ1v) is 6.21. The molecule has 0 aliphatic rings. The maximum absolute atomic E-state index is 12.4. The molecule has 0 atom stereocenters. The summed E-state index contributed by atoms with van der Waals surface area (Å²) in [7, 11) is 0. The first-order valence-electron chi connectivity index (χ1n) is 5.83. The van der Waals surface area contributed by atoms with Crippen molar-refractivity contribution < 1.29 is 13.5 Å². The molecule has 6 heteroatoms. The van der Waals surface area contributed by atoms with Gasteiger partial charge in [0.2, 0.25) is 0 Å². The molecule has 3 nitrogen and oxygen atoms in total. The molecule has 0 saturated carbocycles. The van der Waals surface area contributed by atoms with Crippen LogP contribution in [0.5, 0.6) is 5.75 Å². The molecular formula is C14H9ClF2N2O. The molecule has 1 aromatic heterocycles. The second kappa shape index (κ2) is 5.09. The van der Waals surface area contributed by atoms with Gasteiger partial charge in [-0.15, -0.1) is 0 Å². The number of aromatic amines is 1. The molecule has 1 N–H and O–H groups in total. The maximum atomic E-state index is 12.4. The Morgan fingerprint density at radius 1 is 1.10 bits per heavy atom. The molecule has 1 heterocycles. The lowest BCUT2D eigenvalue weighted by Gasteiger charge is -2.08. The second-order valence-corrected chi connectivity index (χ2v) is 4.50. The van der Waals surface area contributed by atoms with Crippen molar-refractivity contribution in [2.24, 2.45) is 0 Å². The Balaban J connectivity index is 2.13. The highest BCUT2D eigenvalue weighted by Gasteiger charge is 2.14. The maximum Gasteiger partial charge on any atom is 0.387 e. The highest BCUT2D eigenvalue weighted by atomic mass is 35.5. The third-order valence-electron chi connectivity index (χ3n) is 2.82. The van der Waals surface area contributed by atoms with Crippen molar-refractivity contribution in [1.29, 1.82) is 0 Å². The number of nitrogens with one attached hydrogen (secondary N) is 1. The van der Waals surface area contributed by atoms with E-state index in [0.29, 0.717) is 21.9 Å². The summed E-state index contributed by atoms with van der Waals surface area (Å²) in [4.78, 5) is 7.38. The minimum Gasteiger partial charge on any atom is -0.434 e. The first kappa shape index (κ1) is 12.9. The topological polar surface area (TPSA) is 37.9 Å². The first-order chi connectivity index (χ1) is 9.65. The van der Waals surface area contributed by atoms with E-state index in [-0.39, 0.29) is 5.75 Å². The number of rotatable bonds is 3. The number of para-hydroxylation sites is 2. The smallest absolute Gasteiger partial charge is 0.387 e. The lowest BCUT2D eigenvalue weighted by Crippen LogP contribution is -2.03. The van der Waals surface area contributed by atoms with E-state index in [1.54, 1.807) is 30.3 Å². The van der Waals surface area contributed by atoms with Crippen LogP contribution in [-0.4, -0.2) is 16.6 Å². The number of halogens is 3. The van der Waals surface area contributed by atoms with Crippen LogP contribution in [0.2, 0.25) is 5.02 Å². The summed E-state index contributed by atoms with van der Waals surface area (Å²) >= 11 is 6.05. The van der Waals surface area contributed by atoms with Gasteiger partial charge < -0.3 is 9.72 Å². The Hall–Kier alpha value is -2.14. The van der Waals surface area contributed by atoms with E-state index in [4.69, 9.17) is 11.6 Å². The number of imidazole rings is 1. The van der Waals surface area contributed by atoms with E-state index in [0.717, 1.165) is 5.52 Å². The molecule has 3 aromatic rings. The van der Waals surface area contributed by atoms with E-state index >= 15 is 0 Å². The van der Waals surface area contributed by atoms with Crippen molar-refractivity contribution in [2.75, 3.05) is 0 Å². The van der Waals surface area contributed by atoms with Crippen LogP contribution in [0.3, 0.4) is 0 Å². The van der Waals surface area contributed by atoms with Crippen molar-refractivity contribution >= 4 is 22.6 Å². The molecular weight excluding hydrogens is 286 g/mol.